The molecule has 2 heteroatoms. The van der Waals surface area contributed by atoms with Gasteiger partial charge in [-0.2, -0.15) is 0 Å². The molecule has 0 unspecified atom stereocenters. The van der Waals surface area contributed by atoms with Gasteiger partial charge in [0, 0.05) is 18.4 Å². The van der Waals surface area contributed by atoms with Gasteiger partial charge >= 0.3 is 0 Å². The van der Waals surface area contributed by atoms with Gasteiger partial charge in [0.2, 0.25) is 5.91 Å². The Hall–Kier alpha value is -1.83. The van der Waals surface area contributed by atoms with E-state index in [0.29, 0.717) is 18.4 Å². The highest BCUT2D eigenvalue weighted by Gasteiger charge is 2.47. The monoisotopic (exact) mass is 267 g/mol. The molecular formula is C18H21NO. The highest BCUT2D eigenvalue weighted by Crippen LogP contribution is 2.46. The van der Waals surface area contributed by atoms with Gasteiger partial charge < -0.3 is 4.90 Å². The molecule has 3 atom stereocenters. The summed E-state index contributed by atoms with van der Waals surface area (Å²) >= 11 is 0. The van der Waals surface area contributed by atoms with Crippen LogP contribution >= 0.6 is 0 Å². The Kier molecular flexibility index (Phi) is 3.47. The zero-order chi connectivity index (χ0) is 14.1. The second-order valence-electron chi connectivity index (χ2n) is 5.83. The van der Waals surface area contributed by atoms with E-state index in [4.69, 9.17) is 0 Å². The Bertz CT molecular complexity index is 560. The number of aryl methyl sites for hydroxylation is 1. The van der Waals surface area contributed by atoms with Gasteiger partial charge in [0.1, 0.15) is 0 Å². The van der Waals surface area contributed by atoms with Gasteiger partial charge in [-0.15, -0.1) is 6.58 Å². The first-order valence-electron chi connectivity index (χ1n) is 7.37. The number of fused-ring (bicyclic) bond motifs is 1. The predicted octanol–water partition coefficient (Wildman–Crippen LogP) is 3.65. The Balaban J connectivity index is 2.03. The fraction of sp³-hybridized carbons (Fsp3) is 0.389. The molecule has 1 saturated heterocycles. The highest BCUT2D eigenvalue weighted by atomic mass is 16.2. The molecule has 0 N–H and O–H groups in total. The number of likely N-dealkylation sites (tertiary alicyclic amines) is 1. The zero-order valence-corrected chi connectivity index (χ0v) is 12.0. The molecular weight excluding hydrogens is 246 g/mol. The van der Waals surface area contributed by atoms with E-state index in [2.05, 4.69) is 49.9 Å². The van der Waals surface area contributed by atoms with E-state index in [1.165, 1.54) is 11.1 Å². The van der Waals surface area contributed by atoms with Crippen molar-refractivity contribution >= 4 is 5.91 Å². The lowest BCUT2D eigenvalue weighted by Crippen LogP contribution is -2.29. The number of allylic oxidation sites excluding steroid dienone is 1. The first-order valence-corrected chi connectivity index (χ1v) is 7.37. The quantitative estimate of drug-likeness (QED) is 0.766. The Morgan fingerprint density at radius 1 is 1.45 bits per heavy atom. The molecule has 2 nitrogen and oxygen atoms in total. The van der Waals surface area contributed by atoms with Gasteiger partial charge in [-0.1, -0.05) is 48.1 Å². The summed E-state index contributed by atoms with van der Waals surface area (Å²) < 4.78 is 0. The number of benzene rings is 1. The maximum absolute atomic E-state index is 12.6. The van der Waals surface area contributed by atoms with Crippen molar-refractivity contribution in [2.24, 2.45) is 11.8 Å². The van der Waals surface area contributed by atoms with Gasteiger partial charge in [-0.25, -0.2) is 0 Å². The largest absolute Gasteiger partial charge is 0.331 e. The third kappa shape index (κ3) is 2.09. The van der Waals surface area contributed by atoms with E-state index in [1.807, 2.05) is 11.0 Å². The topological polar surface area (TPSA) is 20.3 Å². The molecule has 1 fully saturated rings. The maximum Gasteiger partial charge on any atom is 0.227 e. The first kappa shape index (κ1) is 13.2. The third-order valence-corrected chi connectivity index (χ3v) is 4.48. The zero-order valence-electron chi connectivity index (χ0n) is 12.0. The molecule has 2 aliphatic rings. The standard InChI is InChI=1S/C18H21NO/c1-3-11-19-17(14-8-6-7-13(2)12-14)15-9-4-5-10-16(15)18(19)20/h3-4,6-9,12,15-17H,1,5,10-11H2,2H3/t15-,16-,17+/m1/s1. The van der Waals surface area contributed by atoms with Crippen LogP contribution < -0.4 is 0 Å². The van der Waals surface area contributed by atoms with Crippen molar-refractivity contribution in [3.8, 4) is 0 Å². The number of amides is 1. The molecule has 0 saturated carbocycles. The second-order valence-corrected chi connectivity index (χ2v) is 5.83. The van der Waals surface area contributed by atoms with Gasteiger partial charge in [0.15, 0.2) is 0 Å². The molecule has 0 spiro atoms. The van der Waals surface area contributed by atoms with Crippen LogP contribution in [0.4, 0.5) is 0 Å². The summed E-state index contributed by atoms with van der Waals surface area (Å²) in [5, 5.41) is 0. The van der Waals surface area contributed by atoms with E-state index >= 15 is 0 Å². The van der Waals surface area contributed by atoms with Crippen LogP contribution in [0.3, 0.4) is 0 Å². The van der Waals surface area contributed by atoms with Crippen LogP contribution in [0.25, 0.3) is 0 Å². The summed E-state index contributed by atoms with van der Waals surface area (Å²) in [5.74, 6) is 0.772. The highest BCUT2D eigenvalue weighted by molar-refractivity contribution is 5.83. The summed E-state index contributed by atoms with van der Waals surface area (Å²) in [6.07, 6.45) is 8.32. The molecule has 1 aromatic carbocycles. The summed E-state index contributed by atoms with van der Waals surface area (Å²) in [6.45, 7) is 6.55. The van der Waals surface area contributed by atoms with Crippen molar-refractivity contribution in [3.05, 3.63) is 60.2 Å². The smallest absolute Gasteiger partial charge is 0.227 e. The maximum atomic E-state index is 12.6. The molecule has 1 aliphatic carbocycles. The molecule has 3 rings (SSSR count). The van der Waals surface area contributed by atoms with Crippen LogP contribution in [-0.4, -0.2) is 17.4 Å². The SMILES string of the molecule is C=CCN1C(=O)[C@@H]2CCC=C[C@H]2[C@@H]1c1cccc(C)c1. The minimum atomic E-state index is 0.158. The van der Waals surface area contributed by atoms with Crippen molar-refractivity contribution in [2.75, 3.05) is 6.54 Å². The molecule has 1 heterocycles. The van der Waals surface area contributed by atoms with Gasteiger partial charge in [0.05, 0.1) is 6.04 Å². The van der Waals surface area contributed by atoms with Crippen LogP contribution in [0.5, 0.6) is 0 Å². The van der Waals surface area contributed by atoms with Crippen LogP contribution in [0.1, 0.15) is 30.0 Å². The number of rotatable bonds is 3. The minimum absolute atomic E-state index is 0.158. The fourth-order valence-electron chi connectivity index (χ4n) is 3.63. The average molecular weight is 267 g/mol. The number of hydrogen-bond acceptors (Lipinski definition) is 1. The Morgan fingerprint density at radius 3 is 3.05 bits per heavy atom. The lowest BCUT2D eigenvalue weighted by molar-refractivity contribution is -0.131. The molecule has 0 aromatic heterocycles. The summed E-state index contributed by atoms with van der Waals surface area (Å²) in [5.41, 5.74) is 2.50. The molecule has 20 heavy (non-hydrogen) atoms. The average Bonchev–Trinajstić information content (AvgIpc) is 2.73. The van der Waals surface area contributed by atoms with Crippen LogP contribution in [0.15, 0.2) is 49.1 Å². The molecule has 104 valence electrons. The van der Waals surface area contributed by atoms with Gasteiger partial charge in [-0.05, 0) is 25.3 Å². The third-order valence-electron chi connectivity index (χ3n) is 4.48. The van der Waals surface area contributed by atoms with Crippen molar-refractivity contribution in [3.63, 3.8) is 0 Å². The van der Waals surface area contributed by atoms with E-state index in [-0.39, 0.29) is 12.0 Å². The summed E-state index contributed by atoms with van der Waals surface area (Å²) in [4.78, 5) is 14.6. The molecule has 1 aliphatic heterocycles. The van der Waals surface area contributed by atoms with E-state index in [1.54, 1.807) is 0 Å². The number of carbonyl (C=O) groups excluding carboxylic acids is 1. The normalized spacial score (nSPS) is 28.6. The van der Waals surface area contributed by atoms with E-state index < -0.39 is 0 Å². The van der Waals surface area contributed by atoms with Crippen molar-refractivity contribution in [1.29, 1.82) is 0 Å². The number of nitrogens with zero attached hydrogens (tertiary/aromatic N) is 1. The van der Waals surface area contributed by atoms with Crippen molar-refractivity contribution in [1.82, 2.24) is 4.90 Å². The summed E-state index contributed by atoms with van der Waals surface area (Å²) in [6, 6.07) is 8.71. The Morgan fingerprint density at radius 2 is 2.30 bits per heavy atom. The van der Waals surface area contributed by atoms with E-state index in [9.17, 15) is 4.79 Å². The van der Waals surface area contributed by atoms with Crippen LogP contribution in [0, 0.1) is 18.8 Å². The number of hydrogen-bond donors (Lipinski definition) is 0. The molecule has 0 bridgehead atoms. The van der Waals surface area contributed by atoms with Crippen molar-refractivity contribution < 1.29 is 4.79 Å². The predicted molar refractivity (Wildman–Crippen MR) is 81.2 cm³/mol. The van der Waals surface area contributed by atoms with Gasteiger partial charge in [0.25, 0.3) is 0 Å². The first-order chi connectivity index (χ1) is 9.72. The lowest BCUT2D eigenvalue weighted by Gasteiger charge is -2.27. The van der Waals surface area contributed by atoms with Crippen LogP contribution in [-0.2, 0) is 4.79 Å². The van der Waals surface area contributed by atoms with Crippen LogP contribution in [0.2, 0.25) is 0 Å². The second kappa shape index (κ2) is 5.28. The number of carbonyl (C=O) groups is 1. The molecule has 0 radical (unpaired) electrons. The molecule has 1 amide bonds. The van der Waals surface area contributed by atoms with Crippen molar-refractivity contribution in [2.45, 2.75) is 25.8 Å². The summed E-state index contributed by atoms with van der Waals surface area (Å²) in [7, 11) is 0. The molecule has 1 aromatic rings. The Labute approximate surface area is 120 Å². The lowest BCUT2D eigenvalue weighted by atomic mass is 9.80. The fourth-order valence-corrected chi connectivity index (χ4v) is 3.63. The van der Waals surface area contributed by atoms with Gasteiger partial charge in [-0.3, -0.25) is 4.79 Å². The minimum Gasteiger partial charge on any atom is -0.331 e. The van der Waals surface area contributed by atoms with E-state index in [0.717, 1.165) is 12.8 Å².